The smallest absolute Gasteiger partial charge is 0.332 e. The van der Waals surface area contributed by atoms with Crippen LogP contribution in [-0.4, -0.2) is 12.6 Å². The highest BCUT2D eigenvalue weighted by molar-refractivity contribution is 5.90. The fourth-order valence-electron chi connectivity index (χ4n) is 1.16. The van der Waals surface area contributed by atoms with E-state index < -0.39 is 5.97 Å². The van der Waals surface area contributed by atoms with Gasteiger partial charge in [0.05, 0.1) is 18.2 Å². The highest BCUT2D eigenvalue weighted by Crippen LogP contribution is 2.11. The summed E-state index contributed by atoms with van der Waals surface area (Å²) in [4.78, 5) is 11.1. The van der Waals surface area contributed by atoms with E-state index >= 15 is 0 Å². The van der Waals surface area contributed by atoms with Gasteiger partial charge in [-0.15, -0.1) is 0 Å². The summed E-state index contributed by atoms with van der Waals surface area (Å²) in [5.74, 6) is -0.484. The van der Waals surface area contributed by atoms with E-state index in [4.69, 9.17) is 15.7 Å². The summed E-state index contributed by atoms with van der Waals surface area (Å²) in [6, 6.07) is 8.72. The Morgan fingerprint density at radius 1 is 1.62 bits per heavy atom. The molecule has 0 spiro atoms. The lowest BCUT2D eigenvalue weighted by Gasteiger charge is -2.02. The summed E-state index contributed by atoms with van der Waals surface area (Å²) in [5, 5.41) is 8.71. The highest BCUT2D eigenvalue weighted by atomic mass is 16.5. The molecule has 1 rings (SSSR count). The van der Waals surface area contributed by atoms with Gasteiger partial charge in [0.15, 0.2) is 0 Å². The molecule has 0 saturated carbocycles. The van der Waals surface area contributed by atoms with Crippen LogP contribution in [0.4, 0.5) is 0 Å². The third-order valence-corrected chi connectivity index (χ3v) is 1.88. The number of rotatable bonds is 3. The first-order chi connectivity index (χ1) is 7.67. The van der Waals surface area contributed by atoms with Gasteiger partial charge in [-0.05, 0) is 24.6 Å². The third-order valence-electron chi connectivity index (χ3n) is 1.88. The maximum atomic E-state index is 11.1. The highest BCUT2D eigenvalue weighted by Gasteiger charge is 2.02. The molecule has 0 aliphatic carbocycles. The van der Waals surface area contributed by atoms with Crippen LogP contribution in [0.1, 0.15) is 18.1 Å². The Bertz CT molecular complexity index is 458. The number of hydrogen-bond acceptors (Lipinski definition) is 4. The zero-order valence-electron chi connectivity index (χ0n) is 8.93. The lowest BCUT2D eigenvalue weighted by molar-refractivity contribution is -0.137. The van der Waals surface area contributed by atoms with Crippen LogP contribution in [0, 0.1) is 11.3 Å². The number of hydrogen-bond donors (Lipinski definition) is 1. The maximum absolute atomic E-state index is 11.1. The first kappa shape index (κ1) is 11.8. The molecule has 0 radical (unpaired) electrons. The molecule has 0 atom stereocenters. The molecule has 0 saturated heterocycles. The average Bonchev–Trinajstić information content (AvgIpc) is 2.29. The Morgan fingerprint density at radius 2 is 2.38 bits per heavy atom. The molecule has 4 heteroatoms. The lowest BCUT2D eigenvalue weighted by atomic mass is 10.1. The Labute approximate surface area is 93.9 Å². The van der Waals surface area contributed by atoms with E-state index in [0.29, 0.717) is 17.7 Å². The van der Waals surface area contributed by atoms with Crippen molar-refractivity contribution in [2.45, 2.75) is 6.92 Å². The van der Waals surface area contributed by atoms with Crippen LogP contribution < -0.4 is 5.73 Å². The van der Waals surface area contributed by atoms with Crippen molar-refractivity contribution in [1.82, 2.24) is 0 Å². The molecule has 1 aromatic carbocycles. The monoisotopic (exact) mass is 216 g/mol. The van der Waals surface area contributed by atoms with Crippen molar-refractivity contribution in [3.05, 3.63) is 41.5 Å². The van der Waals surface area contributed by atoms with Crippen molar-refractivity contribution < 1.29 is 9.53 Å². The van der Waals surface area contributed by atoms with Gasteiger partial charge < -0.3 is 10.5 Å². The van der Waals surface area contributed by atoms with E-state index in [-0.39, 0.29) is 5.70 Å². The molecule has 4 nitrogen and oxygen atoms in total. The second kappa shape index (κ2) is 5.56. The summed E-state index contributed by atoms with van der Waals surface area (Å²) in [7, 11) is 0. The SMILES string of the molecule is CCOC(=O)/C=C(\N)c1cccc(C#N)c1. The number of ether oxygens (including phenoxy) is 1. The second-order valence-electron chi connectivity index (χ2n) is 3.04. The van der Waals surface area contributed by atoms with Gasteiger partial charge in [0.25, 0.3) is 0 Å². The summed E-state index contributed by atoms with van der Waals surface area (Å²) in [6.45, 7) is 2.03. The quantitative estimate of drug-likeness (QED) is 0.612. The predicted molar refractivity (Wildman–Crippen MR) is 60.0 cm³/mol. The molecule has 82 valence electrons. The van der Waals surface area contributed by atoms with Crippen LogP contribution >= 0.6 is 0 Å². The largest absolute Gasteiger partial charge is 0.463 e. The molecule has 0 fully saturated rings. The van der Waals surface area contributed by atoms with Crippen molar-refractivity contribution in [2.75, 3.05) is 6.61 Å². The number of esters is 1. The second-order valence-corrected chi connectivity index (χ2v) is 3.04. The van der Waals surface area contributed by atoms with E-state index in [1.807, 2.05) is 6.07 Å². The van der Waals surface area contributed by atoms with Crippen molar-refractivity contribution in [3.63, 3.8) is 0 Å². The number of nitrogens with two attached hydrogens (primary N) is 1. The van der Waals surface area contributed by atoms with Gasteiger partial charge in [-0.3, -0.25) is 0 Å². The summed E-state index contributed by atoms with van der Waals surface area (Å²) in [5.41, 5.74) is 7.12. The molecule has 0 heterocycles. The summed E-state index contributed by atoms with van der Waals surface area (Å²) in [6.07, 6.45) is 1.21. The number of nitrogens with zero attached hydrogens (tertiary/aromatic N) is 1. The molecule has 0 unspecified atom stereocenters. The molecule has 16 heavy (non-hydrogen) atoms. The van der Waals surface area contributed by atoms with Gasteiger partial charge in [-0.1, -0.05) is 12.1 Å². The van der Waals surface area contributed by atoms with Crippen LogP contribution in [0.3, 0.4) is 0 Å². The van der Waals surface area contributed by atoms with Crippen LogP contribution in [-0.2, 0) is 9.53 Å². The van der Waals surface area contributed by atoms with E-state index in [1.54, 1.807) is 31.2 Å². The topological polar surface area (TPSA) is 76.1 Å². The van der Waals surface area contributed by atoms with Crippen LogP contribution in [0.25, 0.3) is 5.70 Å². The van der Waals surface area contributed by atoms with Gasteiger partial charge in [-0.2, -0.15) is 5.26 Å². The van der Waals surface area contributed by atoms with Gasteiger partial charge in [-0.25, -0.2) is 4.79 Å². The van der Waals surface area contributed by atoms with Crippen LogP contribution in [0.15, 0.2) is 30.3 Å². The number of benzene rings is 1. The van der Waals surface area contributed by atoms with Crippen molar-refractivity contribution in [1.29, 1.82) is 5.26 Å². The fourth-order valence-corrected chi connectivity index (χ4v) is 1.16. The van der Waals surface area contributed by atoms with Gasteiger partial charge in [0.2, 0.25) is 0 Å². The fraction of sp³-hybridized carbons (Fsp3) is 0.167. The minimum Gasteiger partial charge on any atom is -0.463 e. The molecule has 2 N–H and O–H groups in total. The Morgan fingerprint density at radius 3 is 3.00 bits per heavy atom. The Balaban J connectivity index is 2.92. The zero-order valence-corrected chi connectivity index (χ0v) is 8.93. The molecular weight excluding hydrogens is 204 g/mol. The van der Waals surface area contributed by atoms with Gasteiger partial charge >= 0.3 is 5.97 Å². The van der Waals surface area contributed by atoms with E-state index in [0.717, 1.165) is 0 Å². The zero-order chi connectivity index (χ0) is 12.0. The average molecular weight is 216 g/mol. The summed E-state index contributed by atoms with van der Waals surface area (Å²) < 4.78 is 4.73. The minimum atomic E-state index is -0.484. The maximum Gasteiger partial charge on any atom is 0.332 e. The normalized spacial score (nSPS) is 10.6. The minimum absolute atomic E-state index is 0.288. The predicted octanol–water partition coefficient (Wildman–Crippen LogP) is 1.42. The number of carbonyl (C=O) groups excluding carboxylic acids is 1. The molecule has 0 bridgehead atoms. The first-order valence-corrected chi connectivity index (χ1v) is 4.82. The molecule has 0 aliphatic heterocycles. The molecule has 0 aliphatic rings. The molecule has 1 aromatic rings. The van der Waals surface area contributed by atoms with Crippen molar-refractivity contribution >= 4 is 11.7 Å². The standard InChI is InChI=1S/C12H12N2O2/c1-2-16-12(15)7-11(14)10-5-3-4-9(6-10)8-13/h3-7H,2,14H2,1H3/b11-7-. The van der Waals surface area contributed by atoms with Gasteiger partial charge in [0.1, 0.15) is 0 Å². The lowest BCUT2D eigenvalue weighted by Crippen LogP contribution is -2.05. The summed E-state index contributed by atoms with van der Waals surface area (Å²) >= 11 is 0. The van der Waals surface area contributed by atoms with Gasteiger partial charge in [0, 0.05) is 11.8 Å². The van der Waals surface area contributed by atoms with Crippen molar-refractivity contribution in [3.8, 4) is 6.07 Å². The molecule has 0 aromatic heterocycles. The number of nitriles is 1. The van der Waals surface area contributed by atoms with Crippen LogP contribution in [0.2, 0.25) is 0 Å². The Kier molecular flexibility index (Phi) is 4.10. The molecular formula is C12H12N2O2. The Hall–Kier alpha value is -2.28. The third kappa shape index (κ3) is 3.14. The van der Waals surface area contributed by atoms with Crippen molar-refractivity contribution in [2.24, 2.45) is 5.73 Å². The number of carbonyl (C=O) groups is 1. The first-order valence-electron chi connectivity index (χ1n) is 4.82. The van der Waals surface area contributed by atoms with E-state index in [2.05, 4.69) is 0 Å². The molecule has 0 amide bonds. The van der Waals surface area contributed by atoms with E-state index in [1.165, 1.54) is 6.08 Å². The van der Waals surface area contributed by atoms with Crippen LogP contribution in [0.5, 0.6) is 0 Å². The van der Waals surface area contributed by atoms with E-state index in [9.17, 15) is 4.79 Å².